The zero-order valence-corrected chi connectivity index (χ0v) is 44.4. The summed E-state index contributed by atoms with van der Waals surface area (Å²) in [5, 5.41) is 11.7. The molecule has 0 bridgehead atoms. The van der Waals surface area contributed by atoms with E-state index in [1.165, 1.54) is 77.0 Å². The second-order valence-corrected chi connectivity index (χ2v) is 18.8. The van der Waals surface area contributed by atoms with Crippen LogP contribution in [0.15, 0.2) is 109 Å². The summed E-state index contributed by atoms with van der Waals surface area (Å²) in [6.45, 7) is 4.41. The minimum atomic E-state index is -1.64. The number of carbonyl (C=O) groups excluding carboxylic acids is 3. The second kappa shape index (κ2) is 50.3. The highest BCUT2D eigenvalue weighted by Crippen LogP contribution is 2.15. The fraction of sp³-hybridized carbons (Fsp3) is 0.650. The maximum absolute atomic E-state index is 12.8. The first kappa shape index (κ1) is 65.0. The standard InChI is InChI=1S/C60H99NO8/c1-6-8-10-12-14-16-18-20-21-22-23-24-25-26-27-28-29-30-31-32-33-34-35-36-37-39-41-43-45-47-49-51-58(63)69-56(55-68-60(59(64)65)66-53-52-61(3,4)5)54-67-57(62)50-48-46-44-42-40-38-19-17-15-13-11-9-7-2/h8-11,14-17,20-21,23-24,26-27,38,40,44,46,56,60H,6-7,12-13,18-19,22,25,28-37,39,41-43,45,47-55H2,1-5H3/b10-8-,11-9-,16-14-,17-15-,21-20-,24-23-,27-26-,40-38-,46-44-. The van der Waals surface area contributed by atoms with Crippen molar-refractivity contribution < 1.29 is 42.9 Å². The fourth-order valence-corrected chi connectivity index (χ4v) is 6.93. The van der Waals surface area contributed by atoms with Crippen LogP contribution in [0, 0.1) is 0 Å². The summed E-state index contributed by atoms with van der Waals surface area (Å²) < 4.78 is 22.5. The Hall–Kier alpha value is -4.05. The molecule has 0 aliphatic heterocycles. The molecule has 0 heterocycles. The van der Waals surface area contributed by atoms with Crippen LogP contribution < -0.4 is 5.11 Å². The quantitative estimate of drug-likeness (QED) is 0.0195. The average Bonchev–Trinajstić information content (AvgIpc) is 3.31. The smallest absolute Gasteiger partial charge is 0.306 e. The van der Waals surface area contributed by atoms with Crippen molar-refractivity contribution in [2.24, 2.45) is 0 Å². The van der Waals surface area contributed by atoms with Crippen LogP contribution in [0.4, 0.5) is 0 Å². The molecular weight excluding hydrogens is 863 g/mol. The number of carboxylic acid groups (broad SMARTS) is 1. The molecule has 0 aromatic rings. The molecule has 2 atom stereocenters. The van der Waals surface area contributed by atoms with Crippen molar-refractivity contribution in [3.05, 3.63) is 109 Å². The van der Waals surface area contributed by atoms with E-state index in [1.807, 2.05) is 33.3 Å². The van der Waals surface area contributed by atoms with Crippen molar-refractivity contribution in [1.29, 1.82) is 0 Å². The molecule has 0 aliphatic rings. The van der Waals surface area contributed by atoms with Crippen LogP contribution in [0.1, 0.15) is 194 Å². The number of ether oxygens (including phenoxy) is 4. The van der Waals surface area contributed by atoms with Gasteiger partial charge in [0.2, 0.25) is 0 Å². The van der Waals surface area contributed by atoms with Crippen molar-refractivity contribution in [3.8, 4) is 0 Å². The number of hydrogen-bond donors (Lipinski definition) is 0. The Labute approximate surface area is 422 Å². The van der Waals surface area contributed by atoms with Crippen LogP contribution in [-0.2, 0) is 33.3 Å². The van der Waals surface area contributed by atoms with Gasteiger partial charge < -0.3 is 33.3 Å². The first-order chi connectivity index (χ1) is 33.6. The molecular formula is C60H99NO8. The summed E-state index contributed by atoms with van der Waals surface area (Å²) in [5.74, 6) is -2.40. The molecule has 0 fully saturated rings. The van der Waals surface area contributed by atoms with E-state index in [9.17, 15) is 19.5 Å². The van der Waals surface area contributed by atoms with Gasteiger partial charge in [-0.1, -0.05) is 207 Å². The van der Waals surface area contributed by atoms with Gasteiger partial charge in [0.25, 0.3) is 0 Å². The van der Waals surface area contributed by atoms with Gasteiger partial charge in [0, 0.05) is 12.8 Å². The highest BCUT2D eigenvalue weighted by molar-refractivity contribution is 5.70. The topological polar surface area (TPSA) is 111 Å². The number of rotatable bonds is 48. The molecule has 9 nitrogen and oxygen atoms in total. The van der Waals surface area contributed by atoms with Gasteiger partial charge in [-0.25, -0.2) is 0 Å². The lowest BCUT2D eigenvalue weighted by Gasteiger charge is -2.26. The first-order valence-electron chi connectivity index (χ1n) is 27.0. The number of quaternary nitrogens is 1. The van der Waals surface area contributed by atoms with Crippen LogP contribution >= 0.6 is 0 Å². The van der Waals surface area contributed by atoms with Crippen LogP contribution in [-0.4, -0.2) is 82.3 Å². The average molecular weight is 962 g/mol. The van der Waals surface area contributed by atoms with Gasteiger partial charge in [-0.2, -0.15) is 0 Å². The summed E-state index contributed by atoms with van der Waals surface area (Å²) >= 11 is 0. The third-order valence-electron chi connectivity index (χ3n) is 11.0. The van der Waals surface area contributed by atoms with Crippen molar-refractivity contribution in [3.63, 3.8) is 0 Å². The van der Waals surface area contributed by atoms with Gasteiger partial charge in [-0.15, -0.1) is 0 Å². The maximum atomic E-state index is 12.8. The molecule has 0 spiro atoms. The maximum Gasteiger partial charge on any atom is 0.306 e. The predicted molar refractivity (Wildman–Crippen MR) is 287 cm³/mol. The molecule has 0 aliphatic carbocycles. The second-order valence-electron chi connectivity index (χ2n) is 18.8. The number of aliphatic carboxylic acids is 1. The highest BCUT2D eigenvalue weighted by Gasteiger charge is 2.21. The van der Waals surface area contributed by atoms with E-state index in [0.29, 0.717) is 23.9 Å². The van der Waals surface area contributed by atoms with E-state index >= 15 is 0 Å². The van der Waals surface area contributed by atoms with E-state index in [0.717, 1.165) is 77.0 Å². The van der Waals surface area contributed by atoms with Gasteiger partial charge in [-0.05, 0) is 83.5 Å². The number of hydrogen-bond acceptors (Lipinski definition) is 8. The van der Waals surface area contributed by atoms with Gasteiger partial charge in [0.15, 0.2) is 12.4 Å². The summed E-state index contributed by atoms with van der Waals surface area (Å²) in [6, 6.07) is 0. The zero-order chi connectivity index (χ0) is 50.6. The van der Waals surface area contributed by atoms with Crippen molar-refractivity contribution in [1.82, 2.24) is 0 Å². The van der Waals surface area contributed by atoms with Crippen molar-refractivity contribution in [2.45, 2.75) is 206 Å². The molecule has 0 saturated carbocycles. The zero-order valence-electron chi connectivity index (χ0n) is 44.4. The largest absolute Gasteiger partial charge is 0.545 e. The number of nitrogens with zero attached hydrogens (tertiary/aromatic N) is 1. The molecule has 9 heteroatoms. The van der Waals surface area contributed by atoms with E-state index < -0.39 is 30.3 Å². The molecule has 392 valence electrons. The lowest BCUT2D eigenvalue weighted by molar-refractivity contribution is -0.870. The molecule has 0 rings (SSSR count). The van der Waals surface area contributed by atoms with Gasteiger partial charge in [-0.3, -0.25) is 9.59 Å². The molecule has 69 heavy (non-hydrogen) atoms. The van der Waals surface area contributed by atoms with Gasteiger partial charge >= 0.3 is 11.9 Å². The van der Waals surface area contributed by atoms with E-state index in [4.69, 9.17) is 18.9 Å². The normalized spacial score (nSPS) is 13.7. The Morgan fingerprint density at radius 3 is 1.22 bits per heavy atom. The third kappa shape index (κ3) is 51.6. The van der Waals surface area contributed by atoms with Crippen LogP contribution in [0.25, 0.3) is 0 Å². The predicted octanol–water partition coefficient (Wildman–Crippen LogP) is 14.2. The molecule has 0 saturated heterocycles. The van der Waals surface area contributed by atoms with Crippen molar-refractivity contribution >= 4 is 17.9 Å². The van der Waals surface area contributed by atoms with E-state index in [2.05, 4.69) is 111 Å². The lowest BCUT2D eigenvalue weighted by Crippen LogP contribution is -2.44. The Bertz CT molecular complexity index is 1490. The number of esters is 2. The monoisotopic (exact) mass is 962 g/mol. The molecule has 0 N–H and O–H groups in total. The molecule has 2 unspecified atom stereocenters. The minimum Gasteiger partial charge on any atom is -0.545 e. The first-order valence-corrected chi connectivity index (χ1v) is 27.0. The third-order valence-corrected chi connectivity index (χ3v) is 11.0. The molecule has 0 radical (unpaired) electrons. The van der Waals surface area contributed by atoms with Crippen molar-refractivity contribution in [2.75, 3.05) is 47.5 Å². The number of unbranched alkanes of at least 4 members (excludes halogenated alkanes) is 15. The van der Waals surface area contributed by atoms with E-state index in [-0.39, 0.29) is 32.7 Å². The summed E-state index contributed by atoms with van der Waals surface area (Å²) in [7, 11) is 5.89. The van der Waals surface area contributed by atoms with Crippen LogP contribution in [0.5, 0.6) is 0 Å². The van der Waals surface area contributed by atoms with Crippen LogP contribution in [0.3, 0.4) is 0 Å². The Kier molecular flexibility index (Phi) is 47.4. The molecule has 0 aromatic heterocycles. The van der Waals surface area contributed by atoms with E-state index in [1.54, 1.807) is 0 Å². The number of carbonyl (C=O) groups is 3. The van der Waals surface area contributed by atoms with Crippen LogP contribution in [0.2, 0.25) is 0 Å². The summed E-state index contributed by atoms with van der Waals surface area (Å²) in [4.78, 5) is 37.1. The van der Waals surface area contributed by atoms with Gasteiger partial charge in [0.05, 0.1) is 40.3 Å². The number of carboxylic acids is 1. The lowest BCUT2D eigenvalue weighted by atomic mass is 10.0. The SMILES string of the molecule is CC/C=C\C/C=C\C/C=C\C/C=C\C/C=C\CCCCCCCCCCCCCCCCCC(=O)OC(COC(=O)CC/C=C\C/C=C\C/C=C\C/C=C\CC)COC(OCC[N+](C)(C)C)C(=O)[O-]. The number of likely N-dealkylation sites (N-methyl/N-ethyl adjacent to an activating group) is 1. The fourth-order valence-electron chi connectivity index (χ4n) is 6.93. The van der Waals surface area contributed by atoms with Gasteiger partial charge in [0.1, 0.15) is 13.2 Å². The Morgan fingerprint density at radius 1 is 0.435 bits per heavy atom. The highest BCUT2D eigenvalue weighted by atomic mass is 16.7. The minimum absolute atomic E-state index is 0.132. The Morgan fingerprint density at radius 2 is 0.812 bits per heavy atom. The summed E-state index contributed by atoms with van der Waals surface area (Å²) in [5.41, 5.74) is 0. The molecule has 0 aromatic carbocycles. The Balaban J connectivity index is 4.22. The summed E-state index contributed by atoms with van der Waals surface area (Å²) in [6.07, 6.45) is 65.9. The molecule has 0 amide bonds. The number of allylic oxidation sites excluding steroid dienone is 18.